The molecule has 3 rings (SSSR count). The predicted molar refractivity (Wildman–Crippen MR) is 91.3 cm³/mol. The van der Waals surface area contributed by atoms with Gasteiger partial charge in [0.25, 0.3) is 0 Å². The molecule has 1 fully saturated rings. The maximum Gasteiger partial charge on any atom is 0.231 e. The molecule has 2 aromatic heterocycles. The molecule has 1 amide bonds. The van der Waals surface area contributed by atoms with Gasteiger partial charge in [0.1, 0.15) is 0 Å². The average Bonchev–Trinajstić information content (AvgIpc) is 3.27. The van der Waals surface area contributed by atoms with Crippen LogP contribution in [-0.4, -0.2) is 26.9 Å². The third-order valence-electron chi connectivity index (χ3n) is 4.83. The molecule has 124 valence electrons. The molecule has 0 spiro atoms. The molecule has 1 aliphatic carbocycles. The topological polar surface area (TPSA) is 59.8 Å². The molecule has 1 saturated carbocycles. The first kappa shape index (κ1) is 16.2. The zero-order valence-corrected chi connectivity index (χ0v) is 14.6. The van der Waals surface area contributed by atoms with Gasteiger partial charge in [0.2, 0.25) is 5.91 Å². The molecule has 0 saturated heterocycles. The van der Waals surface area contributed by atoms with Gasteiger partial charge in [0, 0.05) is 4.88 Å². The first-order valence-electron chi connectivity index (χ1n) is 8.31. The minimum absolute atomic E-state index is 0.0346. The van der Waals surface area contributed by atoms with Crippen molar-refractivity contribution in [2.45, 2.75) is 57.5 Å². The second kappa shape index (κ2) is 6.83. The second-order valence-electron chi connectivity index (χ2n) is 6.67. The van der Waals surface area contributed by atoms with Crippen LogP contribution >= 0.6 is 11.3 Å². The summed E-state index contributed by atoms with van der Waals surface area (Å²) >= 11 is 1.70. The van der Waals surface area contributed by atoms with Crippen molar-refractivity contribution in [2.75, 3.05) is 0 Å². The van der Waals surface area contributed by atoms with E-state index in [1.54, 1.807) is 28.5 Å². The second-order valence-corrected chi connectivity index (χ2v) is 7.62. The Hall–Kier alpha value is -1.69. The molecule has 2 heterocycles. The van der Waals surface area contributed by atoms with E-state index in [4.69, 9.17) is 0 Å². The van der Waals surface area contributed by atoms with Crippen LogP contribution in [0.2, 0.25) is 0 Å². The summed E-state index contributed by atoms with van der Waals surface area (Å²) in [5.74, 6) is 0.495. The molecule has 2 aromatic rings. The fourth-order valence-electron chi connectivity index (χ4n) is 3.36. The molecule has 1 atom stereocenters. The summed E-state index contributed by atoms with van der Waals surface area (Å²) in [6, 6.07) is 4.18. The first-order chi connectivity index (χ1) is 11.1. The lowest BCUT2D eigenvalue weighted by Gasteiger charge is -2.31. The molecule has 0 bridgehead atoms. The predicted octanol–water partition coefficient (Wildman–Crippen LogP) is 2.99. The fourth-order valence-corrected chi connectivity index (χ4v) is 4.34. The third kappa shape index (κ3) is 3.32. The summed E-state index contributed by atoms with van der Waals surface area (Å²) in [7, 11) is 0. The monoisotopic (exact) mass is 332 g/mol. The van der Waals surface area contributed by atoms with E-state index in [9.17, 15) is 4.79 Å². The van der Waals surface area contributed by atoms with Crippen LogP contribution in [0.25, 0.3) is 0 Å². The van der Waals surface area contributed by atoms with Gasteiger partial charge in [-0.25, -0.2) is 0 Å². The Balaban J connectivity index is 1.77. The molecule has 0 radical (unpaired) electrons. The normalized spacial score (nSPS) is 18.2. The number of amides is 1. The summed E-state index contributed by atoms with van der Waals surface area (Å²) in [6.07, 6.45) is 7.48. The van der Waals surface area contributed by atoms with Gasteiger partial charge in [-0.05, 0) is 30.2 Å². The summed E-state index contributed by atoms with van der Waals surface area (Å²) in [6.45, 7) is 4.86. The maximum atomic E-state index is 13.2. The van der Waals surface area contributed by atoms with E-state index in [0.717, 1.165) is 25.7 Å². The molecule has 6 heteroatoms. The minimum Gasteiger partial charge on any atom is -0.350 e. The molecule has 1 N–H and O–H groups in total. The van der Waals surface area contributed by atoms with Gasteiger partial charge in [0.05, 0.1) is 30.4 Å². The standard InChI is InChI=1S/C17H24N4OS/c1-13(2)14(12-21-18-9-10-19-21)20-16(22)17(7-3-4-8-17)15-6-5-11-23-15/h5-6,9-11,13-14H,3-4,7-8,12H2,1-2H3,(H,20,22). The molecular weight excluding hydrogens is 308 g/mol. The van der Waals surface area contributed by atoms with Crippen LogP contribution in [-0.2, 0) is 16.8 Å². The molecule has 0 aromatic carbocycles. The van der Waals surface area contributed by atoms with Crippen molar-refractivity contribution in [1.82, 2.24) is 20.3 Å². The van der Waals surface area contributed by atoms with Crippen molar-refractivity contribution < 1.29 is 4.79 Å². The number of hydrogen-bond donors (Lipinski definition) is 1. The Morgan fingerprint density at radius 3 is 2.61 bits per heavy atom. The van der Waals surface area contributed by atoms with E-state index in [1.165, 1.54) is 4.88 Å². The zero-order chi connectivity index (χ0) is 16.3. The quantitative estimate of drug-likeness (QED) is 0.884. The third-order valence-corrected chi connectivity index (χ3v) is 5.91. The number of hydrogen-bond acceptors (Lipinski definition) is 4. The summed E-state index contributed by atoms with van der Waals surface area (Å²) in [5.41, 5.74) is -0.334. The lowest BCUT2D eigenvalue weighted by Crippen LogP contribution is -2.50. The van der Waals surface area contributed by atoms with Gasteiger partial charge >= 0.3 is 0 Å². The highest BCUT2D eigenvalue weighted by Gasteiger charge is 2.44. The van der Waals surface area contributed by atoms with Crippen LogP contribution in [0, 0.1) is 5.92 Å². The molecular formula is C17H24N4OS. The summed E-state index contributed by atoms with van der Waals surface area (Å²) < 4.78 is 0. The van der Waals surface area contributed by atoms with E-state index in [2.05, 4.69) is 40.8 Å². The van der Waals surface area contributed by atoms with E-state index in [-0.39, 0.29) is 17.4 Å². The minimum atomic E-state index is -0.334. The summed E-state index contributed by atoms with van der Waals surface area (Å²) in [5, 5.41) is 13.7. The van der Waals surface area contributed by atoms with Crippen LogP contribution in [0.5, 0.6) is 0 Å². The van der Waals surface area contributed by atoms with E-state index in [0.29, 0.717) is 12.5 Å². The lowest BCUT2D eigenvalue weighted by atomic mass is 9.83. The van der Waals surface area contributed by atoms with Gasteiger partial charge in [-0.3, -0.25) is 4.79 Å². The van der Waals surface area contributed by atoms with Crippen LogP contribution in [0.4, 0.5) is 0 Å². The zero-order valence-electron chi connectivity index (χ0n) is 13.7. The Morgan fingerprint density at radius 1 is 1.35 bits per heavy atom. The average molecular weight is 332 g/mol. The number of nitrogens with one attached hydrogen (secondary N) is 1. The molecule has 23 heavy (non-hydrogen) atoms. The van der Waals surface area contributed by atoms with Gasteiger partial charge < -0.3 is 5.32 Å². The van der Waals surface area contributed by atoms with Crippen LogP contribution in [0.1, 0.15) is 44.4 Å². The fraction of sp³-hybridized carbons (Fsp3) is 0.588. The summed E-state index contributed by atoms with van der Waals surface area (Å²) in [4.78, 5) is 16.0. The molecule has 1 aliphatic rings. The Labute approximate surface area is 141 Å². The molecule has 1 unspecified atom stereocenters. The van der Waals surface area contributed by atoms with Crippen molar-refractivity contribution in [1.29, 1.82) is 0 Å². The van der Waals surface area contributed by atoms with E-state index >= 15 is 0 Å². The van der Waals surface area contributed by atoms with Gasteiger partial charge in [-0.2, -0.15) is 15.0 Å². The number of aromatic nitrogens is 3. The smallest absolute Gasteiger partial charge is 0.231 e. The largest absolute Gasteiger partial charge is 0.350 e. The van der Waals surface area contributed by atoms with Crippen molar-refractivity contribution in [3.8, 4) is 0 Å². The van der Waals surface area contributed by atoms with Crippen molar-refractivity contribution in [2.24, 2.45) is 5.92 Å². The number of thiophene rings is 1. The number of carbonyl (C=O) groups is 1. The molecule has 0 aliphatic heterocycles. The van der Waals surface area contributed by atoms with Gasteiger partial charge in [-0.15, -0.1) is 11.3 Å². The van der Waals surface area contributed by atoms with Crippen molar-refractivity contribution >= 4 is 17.2 Å². The van der Waals surface area contributed by atoms with Crippen LogP contribution in [0.15, 0.2) is 29.9 Å². The maximum absolute atomic E-state index is 13.2. The number of nitrogens with zero attached hydrogens (tertiary/aromatic N) is 3. The van der Waals surface area contributed by atoms with E-state index < -0.39 is 0 Å². The molecule has 5 nitrogen and oxygen atoms in total. The first-order valence-corrected chi connectivity index (χ1v) is 9.19. The van der Waals surface area contributed by atoms with Crippen LogP contribution < -0.4 is 5.32 Å². The Kier molecular flexibility index (Phi) is 4.80. The Morgan fingerprint density at radius 2 is 2.04 bits per heavy atom. The highest BCUT2D eigenvalue weighted by Crippen LogP contribution is 2.43. The van der Waals surface area contributed by atoms with Gasteiger partial charge in [-0.1, -0.05) is 32.8 Å². The van der Waals surface area contributed by atoms with Crippen molar-refractivity contribution in [3.05, 3.63) is 34.8 Å². The van der Waals surface area contributed by atoms with Crippen LogP contribution in [0.3, 0.4) is 0 Å². The number of rotatable bonds is 6. The highest BCUT2D eigenvalue weighted by atomic mass is 32.1. The highest BCUT2D eigenvalue weighted by molar-refractivity contribution is 7.10. The van der Waals surface area contributed by atoms with E-state index in [1.807, 2.05) is 6.07 Å². The van der Waals surface area contributed by atoms with Crippen molar-refractivity contribution in [3.63, 3.8) is 0 Å². The Bertz CT molecular complexity index is 615. The number of carbonyl (C=O) groups excluding carboxylic acids is 1. The van der Waals surface area contributed by atoms with Gasteiger partial charge in [0.15, 0.2) is 0 Å². The lowest BCUT2D eigenvalue weighted by molar-refractivity contribution is -0.127. The SMILES string of the molecule is CC(C)C(Cn1nccn1)NC(=O)C1(c2cccs2)CCCC1.